The maximum Gasteiger partial charge on any atom is 0.240 e. The number of rotatable bonds is 5. The van der Waals surface area contributed by atoms with E-state index in [1.807, 2.05) is 6.07 Å². The number of hydrogen-bond donors (Lipinski definition) is 1. The first kappa shape index (κ1) is 18.3. The van der Waals surface area contributed by atoms with Crippen molar-refractivity contribution >= 4 is 21.6 Å². The fourth-order valence-electron chi connectivity index (χ4n) is 2.94. The second kappa shape index (κ2) is 7.67. The predicted molar refractivity (Wildman–Crippen MR) is 92.9 cm³/mol. The molecule has 0 spiro atoms. The van der Waals surface area contributed by atoms with E-state index in [1.165, 1.54) is 6.07 Å². The van der Waals surface area contributed by atoms with E-state index in [2.05, 4.69) is 12.2 Å². The van der Waals surface area contributed by atoms with Gasteiger partial charge in [0, 0.05) is 6.04 Å². The van der Waals surface area contributed by atoms with Crippen LogP contribution in [0.1, 0.15) is 38.2 Å². The smallest absolute Gasteiger partial charge is 0.240 e. The van der Waals surface area contributed by atoms with Crippen LogP contribution in [0, 0.1) is 17.2 Å². The van der Waals surface area contributed by atoms with Crippen molar-refractivity contribution < 1.29 is 13.2 Å². The molecule has 1 aliphatic carbocycles. The number of benzene rings is 1. The minimum atomic E-state index is -3.62. The molecule has 1 aliphatic rings. The van der Waals surface area contributed by atoms with Gasteiger partial charge in [-0.05, 0) is 49.8 Å². The van der Waals surface area contributed by atoms with Gasteiger partial charge in [0.2, 0.25) is 15.9 Å². The van der Waals surface area contributed by atoms with E-state index in [1.54, 1.807) is 18.2 Å². The molecule has 1 aromatic rings. The van der Waals surface area contributed by atoms with Crippen LogP contribution in [-0.4, -0.2) is 33.2 Å². The molecule has 0 aliphatic heterocycles. The molecule has 0 radical (unpaired) electrons. The van der Waals surface area contributed by atoms with Crippen LogP contribution in [-0.2, 0) is 14.8 Å². The Morgan fingerprint density at radius 2 is 2.00 bits per heavy atom. The largest absolute Gasteiger partial charge is 0.352 e. The molecule has 1 aromatic carbocycles. The Morgan fingerprint density at radius 3 is 2.58 bits per heavy atom. The highest BCUT2D eigenvalue weighted by Gasteiger charge is 2.24. The molecular weight excluding hydrogens is 326 g/mol. The quantitative estimate of drug-likeness (QED) is 0.880. The average Bonchev–Trinajstić information content (AvgIpc) is 2.54. The lowest BCUT2D eigenvalue weighted by atomic mass is 9.87. The van der Waals surface area contributed by atoms with Gasteiger partial charge in [-0.3, -0.25) is 9.10 Å². The summed E-state index contributed by atoms with van der Waals surface area (Å²) in [4.78, 5) is 12.3. The van der Waals surface area contributed by atoms with Crippen LogP contribution in [0.3, 0.4) is 0 Å². The summed E-state index contributed by atoms with van der Waals surface area (Å²) < 4.78 is 25.2. The Hall–Kier alpha value is -2.07. The molecule has 0 unspecified atom stereocenters. The van der Waals surface area contributed by atoms with E-state index in [0.29, 0.717) is 17.2 Å². The zero-order valence-electron chi connectivity index (χ0n) is 14.0. The van der Waals surface area contributed by atoms with Crippen molar-refractivity contribution in [2.24, 2.45) is 5.92 Å². The lowest BCUT2D eigenvalue weighted by Crippen LogP contribution is -2.45. The van der Waals surface area contributed by atoms with Gasteiger partial charge >= 0.3 is 0 Å². The summed E-state index contributed by atoms with van der Waals surface area (Å²) in [7, 11) is -3.62. The second-order valence-corrected chi connectivity index (χ2v) is 8.36. The van der Waals surface area contributed by atoms with Crippen LogP contribution in [0.2, 0.25) is 0 Å². The van der Waals surface area contributed by atoms with Gasteiger partial charge in [-0.15, -0.1) is 0 Å². The zero-order chi connectivity index (χ0) is 17.7. The van der Waals surface area contributed by atoms with E-state index in [-0.39, 0.29) is 18.5 Å². The molecule has 0 atom stereocenters. The van der Waals surface area contributed by atoms with Crippen molar-refractivity contribution in [3.63, 3.8) is 0 Å². The molecule has 2 rings (SSSR count). The molecular formula is C17H23N3O3S. The van der Waals surface area contributed by atoms with E-state index in [4.69, 9.17) is 5.26 Å². The molecule has 130 valence electrons. The predicted octanol–water partition coefficient (Wildman–Crippen LogP) is 2.02. The van der Waals surface area contributed by atoms with Crippen LogP contribution >= 0.6 is 0 Å². The molecule has 7 heteroatoms. The number of hydrogen-bond acceptors (Lipinski definition) is 4. The fraction of sp³-hybridized carbons (Fsp3) is 0.529. The SMILES string of the molecule is CC1CCC(NC(=O)CN(c2cccc(C#N)c2)S(C)(=O)=O)CC1. The number of carbonyl (C=O) groups excluding carboxylic acids is 1. The van der Waals surface area contributed by atoms with Crippen LogP contribution < -0.4 is 9.62 Å². The lowest BCUT2D eigenvalue weighted by Gasteiger charge is -2.28. The first-order chi connectivity index (χ1) is 11.3. The number of nitriles is 1. The Labute approximate surface area is 143 Å². The summed E-state index contributed by atoms with van der Waals surface area (Å²) >= 11 is 0. The van der Waals surface area contributed by atoms with Gasteiger partial charge in [-0.25, -0.2) is 8.42 Å². The number of sulfonamides is 1. The van der Waals surface area contributed by atoms with Crippen molar-refractivity contribution in [2.75, 3.05) is 17.1 Å². The first-order valence-electron chi connectivity index (χ1n) is 8.07. The monoisotopic (exact) mass is 349 g/mol. The van der Waals surface area contributed by atoms with Crippen molar-refractivity contribution in [3.8, 4) is 6.07 Å². The van der Waals surface area contributed by atoms with E-state index >= 15 is 0 Å². The van der Waals surface area contributed by atoms with E-state index in [9.17, 15) is 13.2 Å². The standard InChI is InChI=1S/C17H23N3O3S/c1-13-6-8-15(9-7-13)19-17(21)12-20(24(2,22)23)16-5-3-4-14(10-16)11-18/h3-5,10,13,15H,6-9,12H2,1-2H3,(H,19,21). The zero-order valence-corrected chi connectivity index (χ0v) is 14.8. The number of nitrogens with one attached hydrogen (secondary N) is 1. The molecule has 0 saturated heterocycles. The third-order valence-electron chi connectivity index (χ3n) is 4.33. The topological polar surface area (TPSA) is 90.3 Å². The summed E-state index contributed by atoms with van der Waals surface area (Å²) in [5.74, 6) is 0.363. The Kier molecular flexibility index (Phi) is 5.84. The average molecular weight is 349 g/mol. The maximum atomic E-state index is 12.3. The van der Waals surface area contributed by atoms with Crippen molar-refractivity contribution in [2.45, 2.75) is 38.6 Å². The highest BCUT2D eigenvalue weighted by atomic mass is 32.2. The highest BCUT2D eigenvalue weighted by Crippen LogP contribution is 2.23. The number of amides is 1. The van der Waals surface area contributed by atoms with Gasteiger partial charge in [-0.1, -0.05) is 13.0 Å². The first-order valence-corrected chi connectivity index (χ1v) is 9.91. The van der Waals surface area contributed by atoms with E-state index < -0.39 is 10.0 Å². The minimum absolute atomic E-state index is 0.112. The molecule has 0 aromatic heterocycles. The molecule has 24 heavy (non-hydrogen) atoms. The third kappa shape index (κ3) is 4.96. The molecule has 0 heterocycles. The summed E-state index contributed by atoms with van der Waals surface area (Å²) in [5.41, 5.74) is 0.673. The van der Waals surface area contributed by atoms with Crippen LogP contribution in [0.25, 0.3) is 0 Å². The van der Waals surface area contributed by atoms with Crippen LogP contribution in [0.4, 0.5) is 5.69 Å². The highest BCUT2D eigenvalue weighted by molar-refractivity contribution is 7.92. The van der Waals surface area contributed by atoms with Gasteiger partial charge in [0.15, 0.2) is 0 Å². The Bertz CT molecular complexity index is 732. The summed E-state index contributed by atoms with van der Waals surface area (Å²) in [6, 6.07) is 8.33. The maximum absolute atomic E-state index is 12.3. The van der Waals surface area contributed by atoms with Crippen LogP contribution in [0.15, 0.2) is 24.3 Å². The number of anilines is 1. The Morgan fingerprint density at radius 1 is 1.33 bits per heavy atom. The van der Waals surface area contributed by atoms with E-state index in [0.717, 1.165) is 36.2 Å². The van der Waals surface area contributed by atoms with Gasteiger partial charge in [0.1, 0.15) is 6.54 Å². The Balaban J connectivity index is 2.09. The summed E-state index contributed by atoms with van der Waals surface area (Å²) in [6.07, 6.45) is 5.06. The van der Waals surface area contributed by atoms with Gasteiger partial charge in [0.05, 0.1) is 23.6 Å². The summed E-state index contributed by atoms with van der Waals surface area (Å²) in [6.45, 7) is 1.92. The second-order valence-electron chi connectivity index (χ2n) is 6.46. The van der Waals surface area contributed by atoms with Crippen molar-refractivity contribution in [3.05, 3.63) is 29.8 Å². The van der Waals surface area contributed by atoms with Crippen LogP contribution in [0.5, 0.6) is 0 Å². The minimum Gasteiger partial charge on any atom is -0.352 e. The fourth-order valence-corrected chi connectivity index (χ4v) is 3.79. The van der Waals surface area contributed by atoms with Crippen molar-refractivity contribution in [1.29, 1.82) is 5.26 Å². The lowest BCUT2D eigenvalue weighted by molar-refractivity contribution is -0.120. The number of nitrogens with zero attached hydrogens (tertiary/aromatic N) is 2. The number of carbonyl (C=O) groups is 1. The molecule has 0 bridgehead atoms. The summed E-state index contributed by atoms with van der Waals surface area (Å²) in [5, 5.41) is 11.9. The normalized spacial score (nSPS) is 20.9. The molecule has 1 fully saturated rings. The van der Waals surface area contributed by atoms with Crippen molar-refractivity contribution in [1.82, 2.24) is 5.32 Å². The molecule has 1 N–H and O–H groups in total. The van der Waals surface area contributed by atoms with Gasteiger partial charge < -0.3 is 5.32 Å². The third-order valence-corrected chi connectivity index (χ3v) is 5.47. The molecule has 1 amide bonds. The van der Waals surface area contributed by atoms with Gasteiger partial charge in [0.25, 0.3) is 0 Å². The van der Waals surface area contributed by atoms with Gasteiger partial charge in [-0.2, -0.15) is 5.26 Å². The molecule has 6 nitrogen and oxygen atoms in total. The molecule has 1 saturated carbocycles.